The van der Waals surface area contributed by atoms with Gasteiger partial charge in [0.15, 0.2) is 5.78 Å². The van der Waals surface area contributed by atoms with E-state index in [1.165, 1.54) is 0 Å². The first-order chi connectivity index (χ1) is 9.12. The molecule has 1 aromatic heterocycles. The highest BCUT2D eigenvalue weighted by Crippen LogP contribution is 2.26. The molecule has 102 valence electrons. The molecule has 0 spiro atoms. The van der Waals surface area contributed by atoms with Crippen LogP contribution in [0.15, 0.2) is 24.4 Å². The molecule has 0 radical (unpaired) electrons. The molecule has 0 fully saturated rings. The number of hydrogen-bond acceptors (Lipinski definition) is 2. The van der Waals surface area contributed by atoms with Gasteiger partial charge >= 0.3 is 0 Å². The maximum atomic E-state index is 12.5. The van der Waals surface area contributed by atoms with Gasteiger partial charge in [0.05, 0.1) is 11.6 Å². The van der Waals surface area contributed by atoms with Crippen molar-refractivity contribution in [1.82, 2.24) is 9.88 Å². The molecule has 0 amide bonds. The topological polar surface area (TPSA) is 34.0 Å². The van der Waals surface area contributed by atoms with Crippen molar-refractivity contribution in [2.24, 2.45) is 0 Å². The zero-order valence-corrected chi connectivity index (χ0v) is 12.3. The molecule has 0 aliphatic heterocycles. The van der Waals surface area contributed by atoms with Crippen LogP contribution in [0.25, 0.3) is 10.9 Å². The van der Waals surface area contributed by atoms with E-state index in [2.05, 4.69) is 16.8 Å². The van der Waals surface area contributed by atoms with Crippen LogP contribution in [0.5, 0.6) is 0 Å². The second-order valence-electron chi connectivity index (χ2n) is 4.60. The number of carbonyl (C=O) groups excluding carboxylic acids is 1. The third-order valence-corrected chi connectivity index (χ3v) is 3.76. The predicted octanol–water partition coefficient (Wildman–Crippen LogP) is 3.50. The number of carbonyl (C=O) groups is 1. The zero-order valence-electron chi connectivity index (χ0n) is 11.5. The first-order valence-corrected chi connectivity index (χ1v) is 7.00. The Bertz CT molecular complexity index is 599. The Morgan fingerprint density at radius 2 is 2.16 bits per heavy atom. The van der Waals surface area contributed by atoms with E-state index in [1.807, 2.05) is 38.4 Å². The van der Waals surface area contributed by atoms with E-state index in [4.69, 9.17) is 11.6 Å². The number of rotatable bonds is 5. The minimum Gasteiger partial charge on any atom is -0.347 e. The molecular weight excluding hydrogens is 260 g/mol. The first-order valence-electron chi connectivity index (χ1n) is 6.62. The molecule has 19 heavy (non-hydrogen) atoms. The number of benzene rings is 1. The van der Waals surface area contributed by atoms with Crippen LogP contribution in [0.1, 0.15) is 30.6 Å². The minimum absolute atomic E-state index is 0.133. The van der Waals surface area contributed by atoms with Crippen molar-refractivity contribution < 1.29 is 4.79 Å². The van der Waals surface area contributed by atoms with Crippen molar-refractivity contribution in [1.29, 1.82) is 0 Å². The second kappa shape index (κ2) is 5.76. The molecule has 0 saturated heterocycles. The van der Waals surface area contributed by atoms with Crippen molar-refractivity contribution in [3.8, 4) is 0 Å². The molecule has 0 saturated carbocycles. The Hall–Kier alpha value is -1.32. The van der Waals surface area contributed by atoms with Gasteiger partial charge in [-0.3, -0.25) is 4.79 Å². The maximum Gasteiger partial charge on any atom is 0.181 e. The van der Waals surface area contributed by atoms with Crippen LogP contribution in [-0.2, 0) is 6.54 Å². The fraction of sp³-hybridized carbons (Fsp3) is 0.400. The Morgan fingerprint density at radius 1 is 1.42 bits per heavy atom. The van der Waals surface area contributed by atoms with Gasteiger partial charge in [0.2, 0.25) is 0 Å². The summed E-state index contributed by atoms with van der Waals surface area (Å²) < 4.78 is 2.07. The molecule has 1 atom stereocenters. The molecule has 0 bridgehead atoms. The van der Waals surface area contributed by atoms with Crippen LogP contribution in [0.3, 0.4) is 0 Å². The number of fused-ring (bicyclic) bond motifs is 1. The fourth-order valence-corrected chi connectivity index (χ4v) is 2.60. The molecule has 0 aliphatic rings. The lowest BCUT2D eigenvalue weighted by atomic mass is 10.0. The van der Waals surface area contributed by atoms with Crippen LogP contribution < -0.4 is 5.32 Å². The SMILES string of the molecule is CCC(NC)C(=O)c1cn(CC)c2cc(Cl)ccc12. The Kier molecular flexibility index (Phi) is 4.27. The minimum atomic E-state index is -0.133. The Balaban J connectivity index is 2.58. The lowest BCUT2D eigenvalue weighted by molar-refractivity contribution is 0.0946. The van der Waals surface area contributed by atoms with E-state index >= 15 is 0 Å². The summed E-state index contributed by atoms with van der Waals surface area (Å²) in [6, 6.07) is 5.55. The normalized spacial score (nSPS) is 12.8. The second-order valence-corrected chi connectivity index (χ2v) is 5.04. The van der Waals surface area contributed by atoms with Gasteiger partial charge in [-0.15, -0.1) is 0 Å². The summed E-state index contributed by atoms with van der Waals surface area (Å²) in [5.74, 6) is 0.143. The van der Waals surface area contributed by atoms with Gasteiger partial charge in [-0.1, -0.05) is 24.6 Å². The number of ketones is 1. The monoisotopic (exact) mass is 278 g/mol. The number of hydrogen-bond donors (Lipinski definition) is 1. The number of Topliss-reactive ketones (excluding diaryl/α,β-unsaturated/α-hetero) is 1. The number of nitrogens with one attached hydrogen (secondary N) is 1. The van der Waals surface area contributed by atoms with Crippen LogP contribution in [0.2, 0.25) is 5.02 Å². The molecule has 3 nitrogen and oxygen atoms in total. The molecule has 4 heteroatoms. The van der Waals surface area contributed by atoms with E-state index in [0.29, 0.717) is 5.02 Å². The Morgan fingerprint density at radius 3 is 2.74 bits per heavy atom. The summed E-state index contributed by atoms with van der Waals surface area (Å²) in [6.45, 7) is 4.89. The van der Waals surface area contributed by atoms with Crippen molar-refractivity contribution in [3.63, 3.8) is 0 Å². The summed E-state index contributed by atoms with van der Waals surface area (Å²) in [5, 5.41) is 4.74. The van der Waals surface area contributed by atoms with Gasteiger partial charge in [0, 0.05) is 28.7 Å². The quantitative estimate of drug-likeness (QED) is 0.850. The summed E-state index contributed by atoms with van der Waals surface area (Å²) in [5.41, 5.74) is 1.79. The highest BCUT2D eigenvalue weighted by Gasteiger charge is 2.21. The number of aryl methyl sites for hydroxylation is 1. The van der Waals surface area contributed by atoms with Gasteiger partial charge < -0.3 is 9.88 Å². The van der Waals surface area contributed by atoms with E-state index in [9.17, 15) is 4.79 Å². The van der Waals surface area contributed by atoms with Crippen LogP contribution in [0, 0.1) is 0 Å². The molecule has 2 rings (SSSR count). The maximum absolute atomic E-state index is 12.5. The van der Waals surface area contributed by atoms with Crippen LogP contribution in [-0.4, -0.2) is 23.4 Å². The third-order valence-electron chi connectivity index (χ3n) is 3.52. The van der Waals surface area contributed by atoms with Gasteiger partial charge in [-0.05, 0) is 32.5 Å². The summed E-state index contributed by atoms with van der Waals surface area (Å²) in [6.07, 6.45) is 2.71. The molecule has 1 N–H and O–H groups in total. The van der Waals surface area contributed by atoms with Crippen LogP contribution >= 0.6 is 11.6 Å². The standard InChI is InChI=1S/C15H19ClN2O/c1-4-13(17-3)15(19)12-9-18(5-2)14-8-10(16)6-7-11(12)14/h6-9,13,17H,4-5H2,1-3H3. The average molecular weight is 279 g/mol. The van der Waals surface area contributed by atoms with Gasteiger partial charge in [0.25, 0.3) is 0 Å². The molecule has 1 heterocycles. The van der Waals surface area contributed by atoms with Gasteiger partial charge in [0.1, 0.15) is 0 Å². The summed E-state index contributed by atoms with van der Waals surface area (Å²) >= 11 is 6.04. The highest BCUT2D eigenvalue weighted by atomic mass is 35.5. The van der Waals surface area contributed by atoms with Gasteiger partial charge in [-0.25, -0.2) is 0 Å². The summed E-state index contributed by atoms with van der Waals surface area (Å²) in [4.78, 5) is 12.5. The molecule has 2 aromatic rings. The highest BCUT2D eigenvalue weighted by molar-refractivity contribution is 6.31. The smallest absolute Gasteiger partial charge is 0.181 e. The molecule has 1 aromatic carbocycles. The van der Waals surface area contributed by atoms with Crippen LogP contribution in [0.4, 0.5) is 0 Å². The number of nitrogens with zero attached hydrogens (tertiary/aromatic N) is 1. The van der Waals surface area contributed by atoms with Crippen molar-refractivity contribution >= 4 is 28.3 Å². The van der Waals surface area contributed by atoms with Crippen molar-refractivity contribution in [2.45, 2.75) is 32.9 Å². The lowest BCUT2D eigenvalue weighted by Crippen LogP contribution is -2.33. The molecular formula is C15H19ClN2O. The zero-order chi connectivity index (χ0) is 14.0. The fourth-order valence-electron chi connectivity index (χ4n) is 2.43. The number of likely N-dealkylation sites (N-methyl/N-ethyl adjacent to an activating group) is 1. The van der Waals surface area contributed by atoms with E-state index < -0.39 is 0 Å². The number of aromatic nitrogens is 1. The number of halogens is 1. The van der Waals surface area contributed by atoms with E-state index in [1.54, 1.807) is 0 Å². The summed E-state index contributed by atoms with van der Waals surface area (Å²) in [7, 11) is 1.82. The first kappa shape index (κ1) is 14.1. The largest absolute Gasteiger partial charge is 0.347 e. The third kappa shape index (κ3) is 2.53. The average Bonchev–Trinajstić information content (AvgIpc) is 2.77. The van der Waals surface area contributed by atoms with Gasteiger partial charge in [-0.2, -0.15) is 0 Å². The predicted molar refractivity (Wildman–Crippen MR) is 80.1 cm³/mol. The Labute approximate surface area is 118 Å². The van der Waals surface area contributed by atoms with E-state index in [0.717, 1.165) is 29.4 Å². The lowest BCUT2D eigenvalue weighted by Gasteiger charge is -2.11. The van der Waals surface area contributed by atoms with Crippen molar-refractivity contribution in [2.75, 3.05) is 7.05 Å². The molecule has 0 aliphatic carbocycles. The van der Waals surface area contributed by atoms with E-state index in [-0.39, 0.29) is 11.8 Å². The molecule has 1 unspecified atom stereocenters. The van der Waals surface area contributed by atoms with Crippen molar-refractivity contribution in [3.05, 3.63) is 35.0 Å².